The first-order chi connectivity index (χ1) is 13.5. The molecule has 146 valence electrons. The lowest BCUT2D eigenvalue weighted by molar-refractivity contribution is -0.384. The van der Waals surface area contributed by atoms with Gasteiger partial charge in [0.15, 0.2) is 6.61 Å². The highest BCUT2D eigenvalue weighted by molar-refractivity contribution is 6.32. The minimum absolute atomic E-state index is 0.0512. The zero-order valence-corrected chi connectivity index (χ0v) is 15.3. The van der Waals surface area contributed by atoms with Crippen molar-refractivity contribution in [3.8, 4) is 11.5 Å². The summed E-state index contributed by atoms with van der Waals surface area (Å²) in [5.74, 6) is -0.447. The van der Waals surface area contributed by atoms with Gasteiger partial charge in [-0.2, -0.15) is 0 Å². The van der Waals surface area contributed by atoms with Crippen LogP contribution >= 0.6 is 11.6 Å². The van der Waals surface area contributed by atoms with Gasteiger partial charge in [-0.15, -0.1) is 0 Å². The molecule has 0 N–H and O–H groups in total. The molecule has 0 unspecified atom stereocenters. The topological polar surface area (TPSA) is 108 Å². The maximum absolute atomic E-state index is 12.1. The molecule has 0 saturated heterocycles. The SMILES string of the molecule is O=C(CN1C(=O)COc2ccc([N+](=O)[O-])cc21)OCCOc1ccccc1Cl. The van der Waals surface area contributed by atoms with Gasteiger partial charge in [-0.05, 0) is 18.2 Å². The Hall–Kier alpha value is -3.33. The lowest BCUT2D eigenvalue weighted by Crippen LogP contribution is -2.42. The summed E-state index contributed by atoms with van der Waals surface area (Å²) in [4.78, 5) is 35.7. The molecule has 0 aliphatic carbocycles. The number of hydrogen-bond donors (Lipinski definition) is 0. The zero-order valence-electron chi connectivity index (χ0n) is 14.5. The molecule has 1 aliphatic rings. The smallest absolute Gasteiger partial charge is 0.326 e. The van der Waals surface area contributed by atoms with Crippen molar-refractivity contribution in [3.63, 3.8) is 0 Å². The number of nitro groups is 1. The molecular formula is C18H15ClN2O7. The molecule has 0 saturated carbocycles. The fourth-order valence-corrected chi connectivity index (χ4v) is 2.71. The molecule has 9 nitrogen and oxygen atoms in total. The molecule has 0 aromatic heterocycles. The monoisotopic (exact) mass is 406 g/mol. The van der Waals surface area contributed by atoms with E-state index in [0.717, 1.165) is 4.90 Å². The number of rotatable bonds is 7. The number of hydrogen-bond acceptors (Lipinski definition) is 7. The van der Waals surface area contributed by atoms with E-state index in [1.807, 2.05) is 0 Å². The number of non-ortho nitro benzene ring substituents is 1. The third kappa shape index (κ3) is 4.49. The average Bonchev–Trinajstić information content (AvgIpc) is 2.68. The molecule has 0 fully saturated rings. The average molecular weight is 407 g/mol. The van der Waals surface area contributed by atoms with Gasteiger partial charge in [-0.25, -0.2) is 0 Å². The second-order valence-corrected chi connectivity index (χ2v) is 6.08. The van der Waals surface area contributed by atoms with Crippen LogP contribution in [0, 0.1) is 10.1 Å². The second kappa shape index (κ2) is 8.57. The first kappa shape index (κ1) is 19.4. The van der Waals surface area contributed by atoms with Crippen molar-refractivity contribution in [2.75, 3.05) is 31.3 Å². The first-order valence-corrected chi connectivity index (χ1v) is 8.58. The number of nitrogens with zero attached hydrogens (tertiary/aromatic N) is 2. The number of benzene rings is 2. The summed E-state index contributed by atoms with van der Waals surface area (Å²) in [5.41, 5.74) is -0.0710. The number of carbonyl (C=O) groups excluding carboxylic acids is 2. The van der Waals surface area contributed by atoms with Gasteiger partial charge in [0.1, 0.15) is 31.3 Å². The van der Waals surface area contributed by atoms with Gasteiger partial charge in [0, 0.05) is 12.1 Å². The Balaban J connectivity index is 1.58. The maximum Gasteiger partial charge on any atom is 0.326 e. The molecule has 1 amide bonds. The molecule has 0 atom stereocenters. The van der Waals surface area contributed by atoms with E-state index in [2.05, 4.69) is 0 Å². The molecular weight excluding hydrogens is 392 g/mol. The largest absolute Gasteiger partial charge is 0.488 e. The van der Waals surface area contributed by atoms with E-state index < -0.39 is 23.3 Å². The van der Waals surface area contributed by atoms with Crippen molar-refractivity contribution < 1.29 is 28.7 Å². The van der Waals surface area contributed by atoms with E-state index in [9.17, 15) is 19.7 Å². The van der Waals surface area contributed by atoms with Crippen molar-refractivity contribution in [2.45, 2.75) is 0 Å². The highest BCUT2D eigenvalue weighted by atomic mass is 35.5. The van der Waals surface area contributed by atoms with Crippen molar-refractivity contribution in [1.82, 2.24) is 0 Å². The fourth-order valence-electron chi connectivity index (χ4n) is 2.52. The van der Waals surface area contributed by atoms with Gasteiger partial charge in [-0.3, -0.25) is 24.6 Å². The highest BCUT2D eigenvalue weighted by Gasteiger charge is 2.29. The third-order valence-corrected chi connectivity index (χ3v) is 4.14. The zero-order chi connectivity index (χ0) is 20.1. The van der Waals surface area contributed by atoms with Crippen LogP contribution in [0.5, 0.6) is 11.5 Å². The lowest BCUT2D eigenvalue weighted by atomic mass is 10.2. The molecule has 1 heterocycles. The summed E-state index contributed by atoms with van der Waals surface area (Å²) in [6.45, 7) is -0.644. The Bertz CT molecular complexity index is 919. The summed E-state index contributed by atoms with van der Waals surface area (Å²) in [6.07, 6.45) is 0. The Morgan fingerprint density at radius 2 is 2.04 bits per heavy atom. The third-order valence-electron chi connectivity index (χ3n) is 3.82. The van der Waals surface area contributed by atoms with E-state index in [-0.39, 0.29) is 36.9 Å². The fraction of sp³-hybridized carbons (Fsp3) is 0.222. The van der Waals surface area contributed by atoms with Crippen LogP contribution in [0.4, 0.5) is 11.4 Å². The molecule has 10 heteroatoms. The van der Waals surface area contributed by atoms with Crippen LogP contribution in [-0.2, 0) is 14.3 Å². The van der Waals surface area contributed by atoms with Gasteiger partial charge in [0.25, 0.3) is 11.6 Å². The molecule has 28 heavy (non-hydrogen) atoms. The second-order valence-electron chi connectivity index (χ2n) is 5.68. The standard InChI is InChI=1S/C18H15ClN2O7/c19-13-3-1-2-4-15(13)26-7-8-27-18(23)10-20-14-9-12(21(24)25)5-6-16(14)28-11-17(20)22/h1-6,9H,7-8,10-11H2. The van der Waals surface area contributed by atoms with E-state index in [4.69, 9.17) is 25.8 Å². The quantitative estimate of drug-likeness (QED) is 0.301. The van der Waals surface area contributed by atoms with E-state index >= 15 is 0 Å². The predicted molar refractivity (Wildman–Crippen MR) is 98.9 cm³/mol. The maximum atomic E-state index is 12.1. The minimum Gasteiger partial charge on any atom is -0.488 e. The number of amides is 1. The summed E-state index contributed by atoms with van der Waals surface area (Å²) in [5, 5.41) is 11.4. The predicted octanol–water partition coefficient (Wildman–Crippen LogP) is 2.60. The summed E-state index contributed by atoms with van der Waals surface area (Å²) in [6, 6.07) is 10.7. The summed E-state index contributed by atoms with van der Waals surface area (Å²) < 4.78 is 15.7. The van der Waals surface area contributed by atoms with Crippen molar-refractivity contribution in [3.05, 3.63) is 57.6 Å². The first-order valence-electron chi connectivity index (χ1n) is 8.20. The molecule has 2 aromatic rings. The normalized spacial score (nSPS) is 12.8. The number of nitro benzene ring substituents is 1. The number of fused-ring (bicyclic) bond motifs is 1. The molecule has 3 rings (SSSR count). The van der Waals surface area contributed by atoms with Gasteiger partial charge < -0.3 is 14.2 Å². The van der Waals surface area contributed by atoms with Crippen LogP contribution in [0.1, 0.15) is 0 Å². The molecule has 2 aromatic carbocycles. The van der Waals surface area contributed by atoms with Crippen LogP contribution in [0.3, 0.4) is 0 Å². The van der Waals surface area contributed by atoms with Gasteiger partial charge in [0.05, 0.1) is 15.6 Å². The Labute approximate surface area is 164 Å². The molecule has 0 radical (unpaired) electrons. The summed E-state index contributed by atoms with van der Waals surface area (Å²) >= 11 is 5.96. The van der Waals surface area contributed by atoms with Crippen LogP contribution in [-0.4, -0.2) is 43.2 Å². The number of esters is 1. The molecule has 0 spiro atoms. The van der Waals surface area contributed by atoms with Crippen LogP contribution in [0.2, 0.25) is 5.02 Å². The van der Waals surface area contributed by atoms with E-state index in [1.54, 1.807) is 24.3 Å². The highest BCUT2D eigenvalue weighted by Crippen LogP contribution is 2.35. The van der Waals surface area contributed by atoms with E-state index in [1.165, 1.54) is 18.2 Å². The Kier molecular flexibility index (Phi) is 5.95. The van der Waals surface area contributed by atoms with E-state index in [0.29, 0.717) is 10.8 Å². The Morgan fingerprint density at radius 1 is 1.25 bits per heavy atom. The lowest BCUT2D eigenvalue weighted by Gasteiger charge is -2.28. The van der Waals surface area contributed by atoms with Gasteiger partial charge in [0.2, 0.25) is 0 Å². The van der Waals surface area contributed by atoms with Crippen molar-refractivity contribution in [1.29, 1.82) is 0 Å². The number of ether oxygens (including phenoxy) is 3. The molecule has 0 bridgehead atoms. The Morgan fingerprint density at radius 3 is 2.79 bits per heavy atom. The molecule has 1 aliphatic heterocycles. The number of carbonyl (C=O) groups is 2. The summed E-state index contributed by atoms with van der Waals surface area (Å²) in [7, 11) is 0. The van der Waals surface area contributed by atoms with Gasteiger partial charge in [-0.1, -0.05) is 23.7 Å². The number of halogens is 1. The van der Waals surface area contributed by atoms with Crippen molar-refractivity contribution >= 4 is 34.9 Å². The van der Waals surface area contributed by atoms with Crippen molar-refractivity contribution in [2.24, 2.45) is 0 Å². The minimum atomic E-state index is -0.685. The van der Waals surface area contributed by atoms with Gasteiger partial charge >= 0.3 is 5.97 Å². The van der Waals surface area contributed by atoms with Crippen LogP contribution in [0.15, 0.2) is 42.5 Å². The van der Waals surface area contributed by atoms with Crippen LogP contribution in [0.25, 0.3) is 0 Å². The number of anilines is 1. The number of para-hydroxylation sites is 1. The van der Waals surface area contributed by atoms with Crippen LogP contribution < -0.4 is 14.4 Å².